The van der Waals surface area contributed by atoms with Crippen LogP contribution in [0.2, 0.25) is 0 Å². The van der Waals surface area contributed by atoms with E-state index in [2.05, 4.69) is 42.6 Å². The number of carbonyl (C=O) groups is 1. The second kappa shape index (κ2) is 6.52. The van der Waals surface area contributed by atoms with Gasteiger partial charge in [-0.15, -0.1) is 0 Å². The minimum Gasteiger partial charge on any atom is -0.314 e. The molecule has 1 saturated heterocycles. The normalized spacial score (nSPS) is 19.0. The number of hydrogen-bond acceptors (Lipinski definition) is 2. The topological polar surface area (TPSA) is 29.1 Å². The molecule has 2 aromatic rings. The van der Waals surface area contributed by atoms with Gasteiger partial charge in [0.25, 0.3) is 0 Å². The average molecular weight is 319 g/mol. The van der Waals surface area contributed by atoms with Gasteiger partial charge >= 0.3 is 0 Å². The van der Waals surface area contributed by atoms with Crippen LogP contribution in [-0.4, -0.2) is 18.4 Å². The van der Waals surface area contributed by atoms with Crippen molar-refractivity contribution in [1.29, 1.82) is 0 Å². The summed E-state index contributed by atoms with van der Waals surface area (Å²) in [5.41, 5.74) is 7.63. The van der Waals surface area contributed by atoms with Crippen LogP contribution in [0.4, 0.5) is 0 Å². The smallest absolute Gasteiger partial charge is 0.164 e. The molecule has 2 nitrogen and oxygen atoms in total. The summed E-state index contributed by atoms with van der Waals surface area (Å²) in [6.45, 7) is 3.25. The second-order valence-electron chi connectivity index (χ2n) is 7.17. The lowest BCUT2D eigenvalue weighted by Crippen LogP contribution is -2.35. The molecule has 1 aliphatic carbocycles. The minimum absolute atomic E-state index is 0.280. The Morgan fingerprint density at radius 3 is 2.62 bits per heavy atom. The fourth-order valence-electron chi connectivity index (χ4n) is 4.10. The van der Waals surface area contributed by atoms with Gasteiger partial charge in [0.2, 0.25) is 0 Å². The minimum atomic E-state index is 0.280. The Morgan fingerprint density at radius 1 is 1.08 bits per heavy atom. The van der Waals surface area contributed by atoms with E-state index >= 15 is 0 Å². The zero-order chi connectivity index (χ0) is 16.5. The van der Waals surface area contributed by atoms with Crippen LogP contribution in [0.1, 0.15) is 59.7 Å². The highest BCUT2D eigenvalue weighted by Crippen LogP contribution is 2.37. The fraction of sp³-hybridized carbons (Fsp3) is 0.409. The predicted octanol–water partition coefficient (Wildman–Crippen LogP) is 4.54. The summed E-state index contributed by atoms with van der Waals surface area (Å²) in [7, 11) is 0. The largest absolute Gasteiger partial charge is 0.314 e. The van der Waals surface area contributed by atoms with Gasteiger partial charge in [0.05, 0.1) is 0 Å². The van der Waals surface area contributed by atoms with E-state index in [1.165, 1.54) is 40.7 Å². The number of aryl methyl sites for hydroxylation is 1. The third-order valence-electron chi connectivity index (χ3n) is 5.52. The van der Waals surface area contributed by atoms with E-state index in [0.29, 0.717) is 12.5 Å². The van der Waals surface area contributed by atoms with Gasteiger partial charge < -0.3 is 5.32 Å². The molecule has 0 saturated carbocycles. The summed E-state index contributed by atoms with van der Waals surface area (Å²) in [6.07, 6.45) is 6.27. The molecule has 0 radical (unpaired) electrons. The zero-order valence-electron chi connectivity index (χ0n) is 14.4. The average Bonchev–Trinajstić information content (AvgIpc) is 2.99. The maximum absolute atomic E-state index is 12.6. The Morgan fingerprint density at radius 2 is 1.88 bits per heavy atom. The van der Waals surface area contributed by atoms with Gasteiger partial charge in [0, 0.05) is 18.0 Å². The standard InChI is InChI=1S/C22H25NO/c1-2-15-6-8-20-17(11-15)13-18-12-16(7-9-21(18)20)22(24)14-19-5-3-4-10-23-19/h6-9,11-12,19,23H,2-5,10,13-14H2,1H3. The molecular weight excluding hydrogens is 294 g/mol. The van der Waals surface area contributed by atoms with Gasteiger partial charge in [-0.2, -0.15) is 0 Å². The van der Waals surface area contributed by atoms with Crippen LogP contribution < -0.4 is 5.32 Å². The SMILES string of the molecule is CCc1ccc2c(c1)Cc1cc(C(=O)CC3CCCCN3)ccc1-2. The fourth-order valence-corrected chi connectivity index (χ4v) is 4.10. The monoisotopic (exact) mass is 319 g/mol. The molecule has 1 atom stereocenters. The van der Waals surface area contributed by atoms with Gasteiger partial charge in [-0.1, -0.05) is 43.7 Å². The number of nitrogens with one attached hydrogen (secondary N) is 1. The van der Waals surface area contributed by atoms with Crippen molar-refractivity contribution in [1.82, 2.24) is 5.32 Å². The Hall–Kier alpha value is -1.93. The molecule has 2 aliphatic rings. The van der Waals surface area contributed by atoms with Crippen molar-refractivity contribution in [2.24, 2.45) is 0 Å². The number of fused-ring (bicyclic) bond motifs is 3. The third kappa shape index (κ3) is 2.91. The maximum Gasteiger partial charge on any atom is 0.164 e. The number of benzene rings is 2. The van der Waals surface area contributed by atoms with Gasteiger partial charge in [0.1, 0.15) is 0 Å². The first kappa shape index (κ1) is 15.6. The van der Waals surface area contributed by atoms with E-state index in [1.54, 1.807) is 0 Å². The highest BCUT2D eigenvalue weighted by atomic mass is 16.1. The first-order valence-electron chi connectivity index (χ1n) is 9.26. The van der Waals surface area contributed by atoms with Gasteiger partial charge in [-0.3, -0.25) is 4.79 Å². The summed E-state index contributed by atoms with van der Waals surface area (Å²) in [6, 6.07) is 13.5. The van der Waals surface area contributed by atoms with Crippen LogP contribution in [0, 0.1) is 0 Å². The number of Topliss-reactive ketones (excluding diaryl/α,β-unsaturated/α-hetero) is 1. The van der Waals surface area contributed by atoms with Crippen LogP contribution in [0.3, 0.4) is 0 Å². The van der Waals surface area contributed by atoms with E-state index < -0.39 is 0 Å². The van der Waals surface area contributed by atoms with Crippen molar-refractivity contribution in [3.05, 3.63) is 58.7 Å². The lowest BCUT2D eigenvalue weighted by molar-refractivity contribution is 0.0963. The van der Waals surface area contributed by atoms with Crippen molar-refractivity contribution in [3.8, 4) is 11.1 Å². The van der Waals surface area contributed by atoms with E-state index in [9.17, 15) is 4.79 Å². The lowest BCUT2D eigenvalue weighted by Gasteiger charge is -2.22. The quantitative estimate of drug-likeness (QED) is 0.716. The van der Waals surface area contributed by atoms with Gasteiger partial charge in [-0.25, -0.2) is 0 Å². The van der Waals surface area contributed by atoms with Crippen molar-refractivity contribution in [2.75, 3.05) is 6.54 Å². The summed E-state index contributed by atoms with van der Waals surface area (Å²) in [4.78, 5) is 12.6. The van der Waals surface area contributed by atoms with E-state index in [0.717, 1.165) is 31.4 Å². The maximum atomic E-state index is 12.6. The summed E-state index contributed by atoms with van der Waals surface area (Å²) in [5, 5.41) is 3.48. The summed E-state index contributed by atoms with van der Waals surface area (Å²) < 4.78 is 0. The molecule has 1 unspecified atom stereocenters. The first-order chi connectivity index (χ1) is 11.7. The molecule has 0 amide bonds. The highest BCUT2D eigenvalue weighted by Gasteiger charge is 2.22. The Balaban J connectivity index is 1.54. The van der Waals surface area contributed by atoms with E-state index in [4.69, 9.17) is 0 Å². The number of hydrogen-bond donors (Lipinski definition) is 1. The van der Waals surface area contributed by atoms with Gasteiger partial charge in [-0.05, 0) is 66.1 Å². The molecule has 1 aliphatic heterocycles. The molecule has 24 heavy (non-hydrogen) atoms. The van der Waals surface area contributed by atoms with Gasteiger partial charge in [0.15, 0.2) is 5.78 Å². The van der Waals surface area contributed by atoms with Crippen LogP contribution in [0.25, 0.3) is 11.1 Å². The third-order valence-corrected chi connectivity index (χ3v) is 5.52. The van der Waals surface area contributed by atoms with Crippen LogP contribution in [0.5, 0.6) is 0 Å². The number of rotatable bonds is 4. The van der Waals surface area contributed by atoms with Crippen LogP contribution in [0.15, 0.2) is 36.4 Å². The molecule has 0 bridgehead atoms. The molecule has 1 N–H and O–H groups in total. The summed E-state index contributed by atoms with van der Waals surface area (Å²) in [5.74, 6) is 0.280. The van der Waals surface area contributed by atoms with Crippen molar-refractivity contribution in [3.63, 3.8) is 0 Å². The van der Waals surface area contributed by atoms with Crippen molar-refractivity contribution in [2.45, 2.75) is 51.5 Å². The first-order valence-corrected chi connectivity index (χ1v) is 9.26. The molecule has 0 spiro atoms. The predicted molar refractivity (Wildman–Crippen MR) is 98.7 cm³/mol. The lowest BCUT2D eigenvalue weighted by atomic mass is 9.95. The molecule has 1 heterocycles. The zero-order valence-corrected chi connectivity index (χ0v) is 14.4. The van der Waals surface area contributed by atoms with E-state index in [1.807, 2.05) is 6.07 Å². The number of ketones is 1. The molecule has 1 fully saturated rings. The Kier molecular flexibility index (Phi) is 4.24. The van der Waals surface area contributed by atoms with Crippen LogP contribution >= 0.6 is 0 Å². The number of piperidine rings is 1. The van der Waals surface area contributed by atoms with Crippen LogP contribution in [-0.2, 0) is 12.8 Å². The Labute approximate surface area is 144 Å². The number of carbonyl (C=O) groups excluding carboxylic acids is 1. The molecule has 124 valence electrons. The van der Waals surface area contributed by atoms with E-state index in [-0.39, 0.29) is 5.78 Å². The molecular formula is C22H25NO. The molecule has 0 aromatic heterocycles. The Bertz CT molecular complexity index is 772. The molecule has 4 rings (SSSR count). The highest BCUT2D eigenvalue weighted by molar-refractivity contribution is 5.97. The van der Waals surface area contributed by atoms with Crippen molar-refractivity contribution >= 4 is 5.78 Å². The molecule has 2 heteroatoms. The second-order valence-corrected chi connectivity index (χ2v) is 7.17. The van der Waals surface area contributed by atoms with Crippen molar-refractivity contribution < 1.29 is 4.79 Å². The molecule has 2 aromatic carbocycles. The summed E-state index contributed by atoms with van der Waals surface area (Å²) >= 11 is 0.